The van der Waals surface area contributed by atoms with E-state index in [1.807, 2.05) is 17.4 Å². The van der Waals surface area contributed by atoms with Crippen molar-refractivity contribution in [1.82, 2.24) is 9.97 Å². The van der Waals surface area contributed by atoms with E-state index in [0.717, 1.165) is 39.2 Å². The summed E-state index contributed by atoms with van der Waals surface area (Å²) in [5.74, 6) is 0.704. The zero-order chi connectivity index (χ0) is 41.4. The van der Waals surface area contributed by atoms with Crippen LogP contribution in [0.1, 0.15) is 25.0 Å². The predicted molar refractivity (Wildman–Crippen MR) is 263 cm³/mol. The molecule has 0 atom stereocenters. The molecule has 0 bridgehead atoms. The number of thiophene rings is 1. The molecule has 3 heteroatoms. The molecular weight excluding hydrogens is 769 g/mol. The van der Waals surface area contributed by atoms with Crippen LogP contribution in [-0.4, -0.2) is 9.97 Å². The van der Waals surface area contributed by atoms with E-state index in [9.17, 15) is 0 Å². The molecular formula is C59H40N2S. The van der Waals surface area contributed by atoms with Crippen molar-refractivity contribution in [2.45, 2.75) is 19.3 Å². The molecule has 12 rings (SSSR count). The standard InChI is InChI=1S/C59H40N2S/c1-59(2)51-21-12-20-46(57(51)50-34-42-15-6-7-16-43(42)35-52(50)59)39-27-29-40(30-28-39)53-36-54(61-58(60-53)41-13-4-3-5-14-41)47-18-9-8-17-45(47)38-25-23-37(24-26-38)44-31-32-56-49(33-44)48-19-10-11-22-55(48)62-56/h3-36H,1-2H3. The highest BCUT2D eigenvalue weighted by Gasteiger charge is 2.37. The van der Waals surface area contributed by atoms with E-state index in [1.54, 1.807) is 0 Å². The first kappa shape index (κ1) is 36.4. The van der Waals surface area contributed by atoms with Crippen LogP contribution < -0.4 is 0 Å². The topological polar surface area (TPSA) is 25.8 Å². The van der Waals surface area contributed by atoms with Crippen LogP contribution in [0.4, 0.5) is 0 Å². The van der Waals surface area contributed by atoms with E-state index in [1.165, 1.54) is 75.5 Å². The minimum absolute atomic E-state index is 0.0943. The number of benzene rings is 9. The van der Waals surface area contributed by atoms with Gasteiger partial charge >= 0.3 is 0 Å². The van der Waals surface area contributed by atoms with Gasteiger partial charge in [-0.3, -0.25) is 0 Å². The van der Waals surface area contributed by atoms with Crippen molar-refractivity contribution in [1.29, 1.82) is 0 Å². The molecule has 0 amide bonds. The predicted octanol–water partition coefficient (Wildman–Crippen LogP) is 16.3. The first-order valence-electron chi connectivity index (χ1n) is 21.3. The second-order valence-electron chi connectivity index (χ2n) is 16.9. The maximum absolute atomic E-state index is 5.25. The summed E-state index contributed by atoms with van der Waals surface area (Å²) in [5.41, 5.74) is 17.4. The summed E-state index contributed by atoms with van der Waals surface area (Å²) in [6.45, 7) is 4.72. The van der Waals surface area contributed by atoms with Crippen LogP contribution in [-0.2, 0) is 5.41 Å². The second kappa shape index (κ2) is 14.3. The van der Waals surface area contributed by atoms with Crippen LogP contribution in [0.5, 0.6) is 0 Å². The molecule has 9 aromatic carbocycles. The fourth-order valence-electron chi connectivity index (χ4n) is 9.69. The van der Waals surface area contributed by atoms with Gasteiger partial charge in [-0.2, -0.15) is 0 Å². The minimum Gasteiger partial charge on any atom is -0.228 e. The van der Waals surface area contributed by atoms with Crippen molar-refractivity contribution >= 4 is 42.3 Å². The maximum Gasteiger partial charge on any atom is 0.160 e. The van der Waals surface area contributed by atoms with Crippen LogP contribution in [0.25, 0.3) is 109 Å². The highest BCUT2D eigenvalue weighted by atomic mass is 32.1. The molecule has 0 fully saturated rings. The van der Waals surface area contributed by atoms with Crippen molar-refractivity contribution in [3.63, 3.8) is 0 Å². The summed E-state index contributed by atoms with van der Waals surface area (Å²) in [5, 5.41) is 5.19. The zero-order valence-corrected chi connectivity index (χ0v) is 35.2. The van der Waals surface area contributed by atoms with Crippen molar-refractivity contribution in [2.75, 3.05) is 0 Å². The van der Waals surface area contributed by atoms with Gasteiger partial charge in [0.05, 0.1) is 11.4 Å². The SMILES string of the molecule is CC1(C)c2cc3ccccc3cc2-c2c(-c3ccc(-c4cc(-c5ccccc5-c5ccc(-c6ccc7sc8ccccc8c7c6)cc5)nc(-c5ccccc5)n4)cc3)cccc21. The van der Waals surface area contributed by atoms with Crippen LogP contribution in [0.2, 0.25) is 0 Å². The normalized spacial score (nSPS) is 12.8. The Bertz CT molecular complexity index is 3520. The van der Waals surface area contributed by atoms with E-state index in [4.69, 9.17) is 9.97 Å². The Morgan fingerprint density at radius 1 is 0.355 bits per heavy atom. The Hall–Kier alpha value is -7.46. The fraction of sp³-hybridized carbons (Fsp3) is 0.0508. The minimum atomic E-state index is -0.0943. The Kier molecular flexibility index (Phi) is 8.41. The Balaban J connectivity index is 0.923. The lowest BCUT2D eigenvalue weighted by atomic mass is 9.81. The molecule has 0 unspecified atom stereocenters. The van der Waals surface area contributed by atoms with Crippen molar-refractivity contribution in [2.24, 2.45) is 0 Å². The molecule has 0 spiro atoms. The van der Waals surface area contributed by atoms with Gasteiger partial charge < -0.3 is 0 Å². The molecule has 1 aliphatic rings. The van der Waals surface area contributed by atoms with Gasteiger partial charge in [0.25, 0.3) is 0 Å². The summed E-state index contributed by atoms with van der Waals surface area (Å²) in [4.78, 5) is 10.5. The monoisotopic (exact) mass is 808 g/mol. The van der Waals surface area contributed by atoms with Gasteiger partial charge in [-0.25, -0.2) is 9.97 Å². The van der Waals surface area contributed by atoms with Gasteiger partial charge in [0.15, 0.2) is 5.82 Å². The molecule has 1 aliphatic carbocycles. The molecule has 11 aromatic rings. The van der Waals surface area contributed by atoms with E-state index >= 15 is 0 Å². The number of aromatic nitrogens is 2. The smallest absolute Gasteiger partial charge is 0.160 e. The third kappa shape index (κ3) is 6.00. The van der Waals surface area contributed by atoms with Gasteiger partial charge in [-0.15, -0.1) is 11.3 Å². The Morgan fingerprint density at radius 2 is 0.952 bits per heavy atom. The first-order valence-corrected chi connectivity index (χ1v) is 22.1. The number of hydrogen-bond acceptors (Lipinski definition) is 3. The van der Waals surface area contributed by atoms with Crippen molar-refractivity contribution in [3.8, 4) is 78.4 Å². The molecule has 0 N–H and O–H groups in total. The van der Waals surface area contributed by atoms with Crippen molar-refractivity contribution < 1.29 is 0 Å². The molecule has 0 saturated heterocycles. The third-order valence-corrected chi connectivity index (χ3v) is 14.1. The highest BCUT2D eigenvalue weighted by Crippen LogP contribution is 2.53. The second-order valence-corrected chi connectivity index (χ2v) is 18.0. The average Bonchev–Trinajstić information content (AvgIpc) is 3.82. The van der Waals surface area contributed by atoms with Gasteiger partial charge in [0.2, 0.25) is 0 Å². The molecule has 2 aromatic heterocycles. The lowest BCUT2D eigenvalue weighted by molar-refractivity contribution is 0.661. The summed E-state index contributed by atoms with van der Waals surface area (Å²) in [6.07, 6.45) is 0. The van der Waals surface area contributed by atoms with Gasteiger partial charge in [0.1, 0.15) is 0 Å². The average molecular weight is 809 g/mol. The number of fused-ring (bicyclic) bond motifs is 7. The first-order chi connectivity index (χ1) is 30.5. The van der Waals surface area contributed by atoms with Crippen LogP contribution >= 0.6 is 11.3 Å². The molecule has 0 aliphatic heterocycles. The summed E-state index contributed by atoms with van der Waals surface area (Å²) in [6, 6.07) is 74.8. The quantitative estimate of drug-likeness (QED) is 0.167. The lowest BCUT2D eigenvalue weighted by Crippen LogP contribution is -2.14. The number of hydrogen-bond donors (Lipinski definition) is 0. The summed E-state index contributed by atoms with van der Waals surface area (Å²) < 4.78 is 2.64. The molecule has 2 nitrogen and oxygen atoms in total. The van der Waals surface area contributed by atoms with E-state index in [-0.39, 0.29) is 5.41 Å². The number of nitrogens with zero attached hydrogens (tertiary/aromatic N) is 2. The fourth-order valence-corrected chi connectivity index (χ4v) is 10.8. The van der Waals surface area contributed by atoms with Crippen LogP contribution in [0, 0.1) is 0 Å². The number of rotatable bonds is 6. The highest BCUT2D eigenvalue weighted by molar-refractivity contribution is 7.25. The Morgan fingerprint density at radius 3 is 1.76 bits per heavy atom. The maximum atomic E-state index is 5.25. The molecule has 62 heavy (non-hydrogen) atoms. The molecule has 292 valence electrons. The third-order valence-electron chi connectivity index (χ3n) is 12.9. The van der Waals surface area contributed by atoms with Gasteiger partial charge in [-0.1, -0.05) is 184 Å². The zero-order valence-electron chi connectivity index (χ0n) is 34.4. The van der Waals surface area contributed by atoms with E-state index in [0.29, 0.717) is 5.82 Å². The lowest BCUT2D eigenvalue weighted by Gasteiger charge is -2.22. The molecule has 0 saturated carbocycles. The van der Waals surface area contributed by atoms with Crippen molar-refractivity contribution in [3.05, 3.63) is 217 Å². The Labute approximate surface area is 365 Å². The summed E-state index contributed by atoms with van der Waals surface area (Å²) in [7, 11) is 0. The largest absolute Gasteiger partial charge is 0.228 e. The molecule has 2 heterocycles. The van der Waals surface area contributed by atoms with Gasteiger partial charge in [0, 0.05) is 42.3 Å². The summed E-state index contributed by atoms with van der Waals surface area (Å²) >= 11 is 1.85. The van der Waals surface area contributed by atoms with E-state index < -0.39 is 0 Å². The van der Waals surface area contributed by atoms with Gasteiger partial charge in [-0.05, 0) is 103 Å². The van der Waals surface area contributed by atoms with E-state index in [2.05, 4.69) is 214 Å². The van der Waals surface area contributed by atoms with Crippen LogP contribution in [0.15, 0.2) is 206 Å². The van der Waals surface area contributed by atoms with Crippen LogP contribution in [0.3, 0.4) is 0 Å². The molecule has 0 radical (unpaired) electrons.